The Morgan fingerprint density at radius 3 is 2.29 bits per heavy atom. The summed E-state index contributed by atoms with van der Waals surface area (Å²) >= 11 is 0. The molecule has 0 saturated heterocycles. The SMILES string of the molecule is CC[C@@H](NS(=O)(=O)c1cccc(C(=O)Nc2cccc([N+](=O)[O-])c2)c1)C12CC3CC(CC(C3)C1)C2. The van der Waals surface area contributed by atoms with E-state index >= 15 is 0 Å². The first-order valence-electron chi connectivity index (χ1n) is 12.4. The number of carbonyl (C=O) groups excluding carboxylic acids is 1. The van der Waals surface area contributed by atoms with Gasteiger partial charge in [-0.2, -0.15) is 0 Å². The molecule has 2 aromatic carbocycles. The second kappa shape index (κ2) is 9.02. The number of amides is 1. The van der Waals surface area contributed by atoms with Crippen LogP contribution in [0.3, 0.4) is 0 Å². The van der Waals surface area contributed by atoms with Crippen LogP contribution in [0, 0.1) is 33.3 Å². The number of nitro benzene ring substituents is 1. The van der Waals surface area contributed by atoms with Gasteiger partial charge in [0.1, 0.15) is 0 Å². The fraction of sp³-hybridized carbons (Fsp3) is 0.500. The Balaban J connectivity index is 1.34. The van der Waals surface area contributed by atoms with E-state index in [4.69, 9.17) is 0 Å². The highest BCUT2D eigenvalue weighted by Crippen LogP contribution is 2.61. The number of nitrogens with zero attached hydrogens (tertiary/aromatic N) is 1. The minimum atomic E-state index is -3.83. The zero-order chi connectivity index (χ0) is 24.8. The molecule has 0 spiro atoms. The molecule has 2 aromatic rings. The molecule has 4 aliphatic rings. The van der Waals surface area contributed by atoms with Gasteiger partial charge < -0.3 is 5.32 Å². The lowest BCUT2D eigenvalue weighted by atomic mass is 9.47. The third kappa shape index (κ3) is 4.71. The molecule has 35 heavy (non-hydrogen) atoms. The van der Waals surface area contributed by atoms with Gasteiger partial charge in [-0.1, -0.05) is 19.1 Å². The number of sulfonamides is 1. The predicted molar refractivity (Wildman–Crippen MR) is 132 cm³/mol. The fourth-order valence-corrected chi connectivity index (χ4v) is 8.67. The number of nitrogens with one attached hydrogen (secondary N) is 2. The van der Waals surface area contributed by atoms with Gasteiger partial charge in [0.2, 0.25) is 10.0 Å². The maximum absolute atomic E-state index is 13.4. The van der Waals surface area contributed by atoms with E-state index in [2.05, 4.69) is 17.0 Å². The first-order valence-corrected chi connectivity index (χ1v) is 13.8. The molecule has 6 rings (SSSR count). The largest absolute Gasteiger partial charge is 0.322 e. The van der Waals surface area contributed by atoms with Gasteiger partial charge in [0.05, 0.1) is 9.82 Å². The van der Waals surface area contributed by atoms with Crippen molar-refractivity contribution in [2.45, 2.75) is 62.8 Å². The Morgan fingerprint density at radius 2 is 1.69 bits per heavy atom. The number of hydrogen-bond donors (Lipinski definition) is 2. The van der Waals surface area contributed by atoms with Gasteiger partial charge in [-0.25, -0.2) is 13.1 Å². The molecule has 8 nitrogen and oxygen atoms in total. The van der Waals surface area contributed by atoms with Crippen molar-refractivity contribution in [3.8, 4) is 0 Å². The van der Waals surface area contributed by atoms with E-state index in [9.17, 15) is 23.3 Å². The lowest BCUT2D eigenvalue weighted by molar-refractivity contribution is -0.384. The number of carbonyl (C=O) groups is 1. The summed E-state index contributed by atoms with van der Waals surface area (Å²) in [6.45, 7) is 2.05. The summed E-state index contributed by atoms with van der Waals surface area (Å²) in [4.78, 5) is 23.3. The first kappa shape index (κ1) is 23.9. The number of anilines is 1. The number of non-ortho nitro benzene ring substituents is 1. The average Bonchev–Trinajstić information content (AvgIpc) is 2.82. The van der Waals surface area contributed by atoms with Crippen molar-refractivity contribution in [3.05, 3.63) is 64.2 Å². The van der Waals surface area contributed by atoms with Crippen molar-refractivity contribution in [1.82, 2.24) is 4.72 Å². The molecule has 186 valence electrons. The van der Waals surface area contributed by atoms with E-state index in [-0.39, 0.29) is 33.3 Å². The maximum Gasteiger partial charge on any atom is 0.271 e. The monoisotopic (exact) mass is 497 g/mol. The standard InChI is InChI=1S/C26H31N3O5S/c1-2-24(26-14-17-9-18(15-26)11-19(10-17)16-26)28-35(33,34)23-8-3-5-20(12-23)25(30)27-21-6-4-7-22(13-21)29(31)32/h3-8,12-13,17-19,24,28H,2,9-11,14-16H2,1H3,(H,27,30)/t17?,18?,19?,24-,26?/m1/s1. The molecule has 0 radical (unpaired) electrons. The Hall–Kier alpha value is -2.78. The van der Waals surface area contributed by atoms with Gasteiger partial charge in [0.15, 0.2) is 0 Å². The fourth-order valence-electron chi connectivity index (χ4n) is 7.21. The van der Waals surface area contributed by atoms with Crippen LogP contribution in [0.25, 0.3) is 0 Å². The van der Waals surface area contributed by atoms with Crippen molar-refractivity contribution in [2.75, 3.05) is 5.32 Å². The van der Waals surface area contributed by atoms with Gasteiger partial charge in [-0.05, 0) is 92.4 Å². The highest BCUT2D eigenvalue weighted by molar-refractivity contribution is 7.89. The molecule has 0 aliphatic heterocycles. The van der Waals surface area contributed by atoms with Crippen molar-refractivity contribution >= 4 is 27.3 Å². The summed E-state index contributed by atoms with van der Waals surface area (Å²) in [5.41, 5.74) is 0.331. The van der Waals surface area contributed by atoms with Crippen LogP contribution in [0.2, 0.25) is 0 Å². The minimum absolute atomic E-state index is 0.0353. The van der Waals surface area contributed by atoms with Gasteiger partial charge in [0.25, 0.3) is 11.6 Å². The van der Waals surface area contributed by atoms with Gasteiger partial charge in [-0.3, -0.25) is 14.9 Å². The van der Waals surface area contributed by atoms with Gasteiger partial charge in [0, 0.05) is 29.4 Å². The molecular formula is C26H31N3O5S. The molecule has 0 aromatic heterocycles. The van der Waals surface area contributed by atoms with E-state index in [0.29, 0.717) is 0 Å². The summed E-state index contributed by atoms with van der Waals surface area (Å²) in [5.74, 6) is 1.64. The summed E-state index contributed by atoms with van der Waals surface area (Å²) < 4.78 is 29.9. The van der Waals surface area contributed by atoms with Crippen LogP contribution in [0.1, 0.15) is 62.2 Å². The Labute approximate surface area is 205 Å². The van der Waals surface area contributed by atoms with Crippen molar-refractivity contribution in [1.29, 1.82) is 0 Å². The quantitative estimate of drug-likeness (QED) is 0.388. The van der Waals surface area contributed by atoms with Crippen LogP contribution in [-0.4, -0.2) is 25.3 Å². The van der Waals surface area contributed by atoms with Crippen LogP contribution in [0.15, 0.2) is 53.4 Å². The van der Waals surface area contributed by atoms with Gasteiger partial charge >= 0.3 is 0 Å². The first-order chi connectivity index (χ1) is 16.7. The lowest BCUT2D eigenvalue weighted by Gasteiger charge is -2.59. The molecule has 9 heteroatoms. The molecule has 2 N–H and O–H groups in total. The molecule has 4 bridgehead atoms. The second-order valence-electron chi connectivity index (χ2n) is 10.7. The van der Waals surface area contributed by atoms with Crippen LogP contribution >= 0.6 is 0 Å². The molecular weight excluding hydrogens is 466 g/mol. The Morgan fingerprint density at radius 1 is 1.06 bits per heavy atom. The summed E-state index contributed by atoms with van der Waals surface area (Å²) in [6.07, 6.45) is 7.93. The van der Waals surface area contributed by atoms with E-state index in [0.717, 1.165) is 43.4 Å². The predicted octanol–water partition coefficient (Wildman–Crippen LogP) is 5.12. The van der Waals surface area contributed by atoms with E-state index < -0.39 is 20.9 Å². The molecule has 0 heterocycles. The minimum Gasteiger partial charge on any atom is -0.322 e. The molecule has 4 fully saturated rings. The summed E-state index contributed by atoms with van der Waals surface area (Å²) in [6, 6.07) is 11.4. The van der Waals surface area contributed by atoms with E-state index in [1.807, 2.05) is 0 Å². The Kier molecular flexibility index (Phi) is 6.17. The molecule has 1 amide bonds. The topological polar surface area (TPSA) is 118 Å². The number of nitro groups is 1. The molecule has 0 unspecified atom stereocenters. The van der Waals surface area contributed by atoms with Crippen LogP contribution < -0.4 is 10.0 Å². The Bertz CT molecular complexity index is 1220. The average molecular weight is 498 g/mol. The van der Waals surface area contributed by atoms with Crippen molar-refractivity contribution in [3.63, 3.8) is 0 Å². The van der Waals surface area contributed by atoms with E-state index in [1.54, 1.807) is 12.1 Å². The van der Waals surface area contributed by atoms with Crippen molar-refractivity contribution in [2.24, 2.45) is 23.2 Å². The van der Waals surface area contributed by atoms with Gasteiger partial charge in [-0.15, -0.1) is 0 Å². The van der Waals surface area contributed by atoms with E-state index in [1.165, 1.54) is 55.7 Å². The smallest absolute Gasteiger partial charge is 0.271 e. The van der Waals surface area contributed by atoms with Crippen molar-refractivity contribution < 1.29 is 18.1 Å². The number of rotatable bonds is 8. The zero-order valence-electron chi connectivity index (χ0n) is 19.8. The normalized spacial score (nSPS) is 28.0. The van der Waals surface area contributed by atoms with Crippen LogP contribution in [0.4, 0.5) is 11.4 Å². The maximum atomic E-state index is 13.4. The second-order valence-corrected chi connectivity index (χ2v) is 12.4. The molecule has 4 aliphatic carbocycles. The zero-order valence-corrected chi connectivity index (χ0v) is 20.6. The summed E-state index contributed by atoms with van der Waals surface area (Å²) in [5, 5.41) is 13.6. The highest BCUT2D eigenvalue weighted by atomic mass is 32.2. The number of benzene rings is 2. The highest BCUT2D eigenvalue weighted by Gasteiger charge is 2.54. The lowest BCUT2D eigenvalue weighted by Crippen LogP contribution is -2.56. The summed E-state index contributed by atoms with van der Waals surface area (Å²) in [7, 11) is -3.83. The third-order valence-electron chi connectivity index (χ3n) is 8.25. The molecule has 1 atom stereocenters. The number of hydrogen-bond acceptors (Lipinski definition) is 5. The van der Waals surface area contributed by atoms with Crippen LogP contribution in [0.5, 0.6) is 0 Å². The third-order valence-corrected chi connectivity index (χ3v) is 9.72. The van der Waals surface area contributed by atoms with Crippen LogP contribution in [-0.2, 0) is 10.0 Å². The molecule has 4 saturated carbocycles.